The second-order valence-corrected chi connectivity index (χ2v) is 6.33. The number of fused-ring (bicyclic) bond motifs is 1. The summed E-state index contributed by atoms with van der Waals surface area (Å²) in [4.78, 5) is 7.19. The van der Waals surface area contributed by atoms with E-state index in [1.165, 1.54) is 11.3 Å². The lowest BCUT2D eigenvalue weighted by molar-refractivity contribution is 0.0883. The summed E-state index contributed by atoms with van der Waals surface area (Å²) in [6, 6.07) is 9.00. The fourth-order valence-corrected chi connectivity index (χ4v) is 3.54. The zero-order valence-corrected chi connectivity index (χ0v) is 13.7. The van der Waals surface area contributed by atoms with Crippen LogP contribution in [0.5, 0.6) is 0 Å². The number of imidazole rings is 1. The SMILES string of the molecule is CCc1nc2ccccc2n1C1CCN(C[C@H](O)CC)CC1. The molecular weight excluding hydrogens is 274 g/mol. The molecule has 0 spiro atoms. The molecule has 3 rings (SSSR count). The first-order valence-corrected chi connectivity index (χ1v) is 8.59. The summed E-state index contributed by atoms with van der Waals surface area (Å²) >= 11 is 0. The number of hydrogen-bond acceptors (Lipinski definition) is 3. The maximum absolute atomic E-state index is 9.83. The quantitative estimate of drug-likeness (QED) is 0.923. The van der Waals surface area contributed by atoms with Crippen molar-refractivity contribution < 1.29 is 5.11 Å². The van der Waals surface area contributed by atoms with Crippen molar-refractivity contribution >= 4 is 11.0 Å². The highest BCUT2D eigenvalue weighted by Crippen LogP contribution is 2.29. The molecule has 2 heterocycles. The molecule has 1 fully saturated rings. The van der Waals surface area contributed by atoms with Crippen LogP contribution in [-0.2, 0) is 6.42 Å². The van der Waals surface area contributed by atoms with Gasteiger partial charge in [0.05, 0.1) is 17.1 Å². The highest BCUT2D eigenvalue weighted by molar-refractivity contribution is 5.76. The Balaban J connectivity index is 1.76. The van der Waals surface area contributed by atoms with Gasteiger partial charge in [0, 0.05) is 32.1 Å². The van der Waals surface area contributed by atoms with Crippen LogP contribution in [0.15, 0.2) is 24.3 Å². The van der Waals surface area contributed by atoms with Crippen LogP contribution in [-0.4, -0.2) is 45.3 Å². The van der Waals surface area contributed by atoms with Crippen molar-refractivity contribution in [2.45, 2.75) is 51.7 Å². The largest absolute Gasteiger partial charge is 0.392 e. The Morgan fingerprint density at radius 1 is 1.23 bits per heavy atom. The van der Waals surface area contributed by atoms with Crippen LogP contribution >= 0.6 is 0 Å². The van der Waals surface area contributed by atoms with E-state index in [9.17, 15) is 5.11 Å². The molecule has 1 aliphatic heterocycles. The Kier molecular flexibility index (Phi) is 4.79. The molecule has 1 N–H and O–H groups in total. The second kappa shape index (κ2) is 6.80. The van der Waals surface area contributed by atoms with Crippen LogP contribution in [0.4, 0.5) is 0 Å². The van der Waals surface area contributed by atoms with Gasteiger partial charge in [-0.15, -0.1) is 0 Å². The number of aromatic nitrogens is 2. The van der Waals surface area contributed by atoms with Crippen molar-refractivity contribution in [3.05, 3.63) is 30.1 Å². The molecule has 1 saturated heterocycles. The van der Waals surface area contributed by atoms with Crippen molar-refractivity contribution in [1.82, 2.24) is 14.5 Å². The minimum atomic E-state index is -0.183. The fourth-order valence-electron chi connectivity index (χ4n) is 3.54. The second-order valence-electron chi connectivity index (χ2n) is 6.33. The monoisotopic (exact) mass is 301 g/mol. The number of aliphatic hydroxyl groups is 1. The van der Waals surface area contributed by atoms with E-state index in [0.29, 0.717) is 6.04 Å². The van der Waals surface area contributed by atoms with Gasteiger partial charge in [-0.1, -0.05) is 26.0 Å². The lowest BCUT2D eigenvalue weighted by Crippen LogP contribution is -2.39. The summed E-state index contributed by atoms with van der Waals surface area (Å²) in [5, 5.41) is 9.83. The van der Waals surface area contributed by atoms with Gasteiger partial charge in [-0.25, -0.2) is 4.98 Å². The zero-order valence-electron chi connectivity index (χ0n) is 13.7. The van der Waals surface area contributed by atoms with E-state index in [0.717, 1.165) is 50.8 Å². The maximum Gasteiger partial charge on any atom is 0.109 e. The molecular formula is C18H27N3O. The lowest BCUT2D eigenvalue weighted by Gasteiger charge is -2.34. The summed E-state index contributed by atoms with van der Waals surface area (Å²) in [7, 11) is 0. The average Bonchev–Trinajstić information content (AvgIpc) is 2.94. The highest BCUT2D eigenvalue weighted by atomic mass is 16.3. The van der Waals surface area contributed by atoms with E-state index >= 15 is 0 Å². The van der Waals surface area contributed by atoms with E-state index in [4.69, 9.17) is 4.98 Å². The van der Waals surface area contributed by atoms with Crippen LogP contribution in [0.25, 0.3) is 11.0 Å². The third-order valence-corrected chi connectivity index (χ3v) is 4.85. The van der Waals surface area contributed by atoms with Gasteiger partial charge in [0.15, 0.2) is 0 Å². The Morgan fingerprint density at radius 3 is 2.64 bits per heavy atom. The highest BCUT2D eigenvalue weighted by Gasteiger charge is 2.24. The van der Waals surface area contributed by atoms with E-state index in [2.05, 4.69) is 40.7 Å². The maximum atomic E-state index is 9.83. The minimum absolute atomic E-state index is 0.183. The number of aryl methyl sites for hydroxylation is 1. The molecule has 0 saturated carbocycles. The van der Waals surface area contributed by atoms with Crippen molar-refractivity contribution in [1.29, 1.82) is 0 Å². The molecule has 22 heavy (non-hydrogen) atoms. The van der Waals surface area contributed by atoms with Gasteiger partial charge in [0.2, 0.25) is 0 Å². The molecule has 1 aromatic carbocycles. The van der Waals surface area contributed by atoms with Crippen LogP contribution < -0.4 is 0 Å². The standard InChI is InChI=1S/C18H27N3O/c1-3-15(22)13-20-11-9-14(10-12-20)21-17-8-6-5-7-16(17)19-18(21)4-2/h5-8,14-15,22H,3-4,9-13H2,1-2H3/t15-/m1/s1. The van der Waals surface area contributed by atoms with Gasteiger partial charge < -0.3 is 14.6 Å². The molecule has 1 aromatic heterocycles. The van der Waals surface area contributed by atoms with Crippen LogP contribution in [0, 0.1) is 0 Å². The van der Waals surface area contributed by atoms with Gasteiger partial charge in [-0.2, -0.15) is 0 Å². The normalized spacial score (nSPS) is 18.9. The fraction of sp³-hybridized carbons (Fsp3) is 0.611. The third-order valence-electron chi connectivity index (χ3n) is 4.85. The minimum Gasteiger partial charge on any atom is -0.392 e. The van der Waals surface area contributed by atoms with Crippen LogP contribution in [0.1, 0.15) is 45.0 Å². The summed E-state index contributed by atoms with van der Waals surface area (Å²) in [6.45, 7) is 7.18. The first-order valence-electron chi connectivity index (χ1n) is 8.59. The topological polar surface area (TPSA) is 41.3 Å². The summed E-state index contributed by atoms with van der Waals surface area (Å²) in [5.74, 6) is 1.20. The lowest BCUT2D eigenvalue weighted by atomic mass is 10.0. The molecule has 120 valence electrons. The molecule has 1 aliphatic rings. The molecule has 1 atom stereocenters. The van der Waals surface area contributed by atoms with E-state index in [1.807, 2.05) is 6.92 Å². The van der Waals surface area contributed by atoms with Gasteiger partial charge >= 0.3 is 0 Å². The Labute approximate surface area is 132 Å². The van der Waals surface area contributed by atoms with E-state index in [1.54, 1.807) is 0 Å². The number of benzene rings is 1. The third kappa shape index (κ3) is 3.03. The van der Waals surface area contributed by atoms with Gasteiger partial charge in [0.1, 0.15) is 5.82 Å². The molecule has 0 amide bonds. The first-order chi connectivity index (χ1) is 10.7. The number of β-amino-alcohol motifs (C(OH)–C–C–N with tert-alkyl or cyclic N) is 1. The Hall–Kier alpha value is -1.39. The predicted molar refractivity (Wildman–Crippen MR) is 90.1 cm³/mol. The smallest absolute Gasteiger partial charge is 0.109 e. The molecule has 0 bridgehead atoms. The molecule has 0 aliphatic carbocycles. The van der Waals surface area contributed by atoms with Crippen molar-refractivity contribution in [2.75, 3.05) is 19.6 Å². The molecule has 0 unspecified atom stereocenters. The number of piperidine rings is 1. The number of nitrogens with zero attached hydrogens (tertiary/aromatic N) is 3. The first kappa shape index (κ1) is 15.5. The molecule has 4 heteroatoms. The zero-order chi connectivity index (χ0) is 15.5. The van der Waals surface area contributed by atoms with Crippen LogP contribution in [0.2, 0.25) is 0 Å². The summed E-state index contributed by atoms with van der Waals surface area (Å²) < 4.78 is 2.46. The number of likely N-dealkylation sites (tertiary alicyclic amines) is 1. The average molecular weight is 301 g/mol. The summed E-state index contributed by atoms with van der Waals surface area (Å²) in [6.07, 6.45) is 3.92. The van der Waals surface area contributed by atoms with E-state index < -0.39 is 0 Å². The number of rotatable bonds is 5. The Bertz CT molecular complexity index is 614. The molecule has 4 nitrogen and oxygen atoms in total. The number of aliphatic hydroxyl groups excluding tert-OH is 1. The Morgan fingerprint density at radius 2 is 1.95 bits per heavy atom. The van der Waals surface area contributed by atoms with Crippen LogP contribution in [0.3, 0.4) is 0 Å². The molecule has 2 aromatic rings. The van der Waals surface area contributed by atoms with Crippen molar-refractivity contribution in [3.8, 4) is 0 Å². The number of para-hydroxylation sites is 2. The number of hydrogen-bond donors (Lipinski definition) is 1. The van der Waals surface area contributed by atoms with Crippen molar-refractivity contribution in [2.24, 2.45) is 0 Å². The summed E-state index contributed by atoms with van der Waals surface area (Å²) in [5.41, 5.74) is 2.38. The van der Waals surface area contributed by atoms with Crippen molar-refractivity contribution in [3.63, 3.8) is 0 Å². The van der Waals surface area contributed by atoms with Gasteiger partial charge in [-0.05, 0) is 31.4 Å². The van der Waals surface area contributed by atoms with Gasteiger partial charge in [0.25, 0.3) is 0 Å². The van der Waals surface area contributed by atoms with Gasteiger partial charge in [-0.3, -0.25) is 0 Å². The van der Waals surface area contributed by atoms with E-state index in [-0.39, 0.29) is 6.10 Å². The molecule has 0 radical (unpaired) electrons. The predicted octanol–water partition coefficient (Wildman–Crippen LogP) is 3.01.